The van der Waals surface area contributed by atoms with Gasteiger partial charge in [-0.1, -0.05) is 30.1 Å². The van der Waals surface area contributed by atoms with E-state index in [1.54, 1.807) is 0 Å². The number of aryl methyl sites for hydroxylation is 1. The molecular weight excluding hydrogens is 195 g/mol. The third kappa shape index (κ3) is 2.29. The first kappa shape index (κ1) is 9.69. The second-order valence-electron chi connectivity index (χ2n) is 2.36. The van der Waals surface area contributed by atoms with Crippen LogP contribution in [-0.2, 0) is 6.42 Å². The Balaban J connectivity index is 2.89. The summed E-state index contributed by atoms with van der Waals surface area (Å²) in [5.41, 5.74) is 1.08. The second kappa shape index (κ2) is 4.58. The zero-order chi connectivity index (χ0) is 8.97. The van der Waals surface area contributed by atoms with Crippen molar-refractivity contribution in [2.24, 2.45) is 0 Å². The lowest BCUT2D eigenvalue weighted by atomic mass is 10.2. The second-order valence-corrected chi connectivity index (χ2v) is 2.99. The molecule has 0 spiro atoms. The molecule has 0 aliphatic rings. The van der Waals surface area contributed by atoms with Crippen molar-refractivity contribution in [2.45, 2.75) is 13.3 Å². The summed E-state index contributed by atoms with van der Waals surface area (Å²) >= 11 is 11.3. The van der Waals surface area contributed by atoms with Gasteiger partial charge in [-0.2, -0.15) is 0 Å². The van der Waals surface area contributed by atoms with Crippen LogP contribution in [0.5, 0.6) is 5.75 Å². The van der Waals surface area contributed by atoms with E-state index in [1.807, 2.05) is 25.1 Å². The molecule has 1 aromatic rings. The van der Waals surface area contributed by atoms with Crippen LogP contribution in [0.3, 0.4) is 0 Å². The van der Waals surface area contributed by atoms with Gasteiger partial charge >= 0.3 is 0 Å². The molecule has 0 atom stereocenters. The summed E-state index contributed by atoms with van der Waals surface area (Å²) in [6.45, 7) is 2.05. The highest BCUT2D eigenvalue weighted by Crippen LogP contribution is 2.22. The zero-order valence-corrected chi connectivity index (χ0v) is 8.32. The van der Waals surface area contributed by atoms with Gasteiger partial charge in [-0.25, -0.2) is 0 Å². The summed E-state index contributed by atoms with van der Waals surface area (Å²) in [4.78, 5) is 0. The Morgan fingerprint density at radius 3 is 2.75 bits per heavy atom. The summed E-state index contributed by atoms with van der Waals surface area (Å²) in [5.74, 6) is 0.770. The number of rotatable bonds is 3. The normalized spacial score (nSPS) is 9.92. The van der Waals surface area contributed by atoms with Crippen LogP contribution in [-0.4, -0.2) is 6.07 Å². The van der Waals surface area contributed by atoms with Crippen LogP contribution in [0.4, 0.5) is 0 Å². The van der Waals surface area contributed by atoms with E-state index in [0.29, 0.717) is 0 Å². The Bertz CT molecular complexity index is 261. The van der Waals surface area contributed by atoms with Crippen molar-refractivity contribution in [3.8, 4) is 5.75 Å². The molecule has 12 heavy (non-hydrogen) atoms. The summed E-state index contributed by atoms with van der Waals surface area (Å²) in [7, 11) is 0. The number of benzene rings is 1. The predicted molar refractivity (Wildman–Crippen MR) is 52.2 cm³/mol. The maximum atomic E-state index is 5.91. The fraction of sp³-hybridized carbons (Fsp3) is 0.333. The highest BCUT2D eigenvalue weighted by atomic mass is 35.5. The molecule has 0 aliphatic carbocycles. The van der Waals surface area contributed by atoms with E-state index in [0.717, 1.165) is 22.8 Å². The molecule has 1 aromatic carbocycles. The lowest BCUT2D eigenvalue weighted by Gasteiger charge is -2.05. The summed E-state index contributed by atoms with van der Waals surface area (Å²) in [6.07, 6.45) is 0.901. The number of hydrogen-bond donors (Lipinski definition) is 0. The molecule has 3 heteroatoms. The minimum atomic E-state index is 0.171. The predicted octanol–water partition coefficient (Wildman–Crippen LogP) is 3.48. The van der Waals surface area contributed by atoms with Crippen LogP contribution in [0.2, 0.25) is 5.02 Å². The molecule has 0 radical (unpaired) electrons. The monoisotopic (exact) mass is 204 g/mol. The van der Waals surface area contributed by atoms with Crippen LogP contribution in [0.25, 0.3) is 0 Å². The van der Waals surface area contributed by atoms with Gasteiger partial charge in [0.25, 0.3) is 0 Å². The Kier molecular flexibility index (Phi) is 3.70. The minimum absolute atomic E-state index is 0.171. The van der Waals surface area contributed by atoms with Gasteiger partial charge in [0.05, 0.1) is 0 Å². The third-order valence-electron chi connectivity index (χ3n) is 1.62. The smallest absolute Gasteiger partial charge is 0.162 e. The molecular formula is C9H10Cl2O. The molecule has 1 nitrogen and oxygen atoms in total. The topological polar surface area (TPSA) is 9.23 Å². The highest BCUT2D eigenvalue weighted by molar-refractivity contribution is 6.31. The third-order valence-corrected chi connectivity index (χ3v) is 2.10. The Morgan fingerprint density at radius 2 is 2.17 bits per heavy atom. The molecule has 0 amide bonds. The fourth-order valence-electron chi connectivity index (χ4n) is 0.975. The molecule has 0 saturated heterocycles. The van der Waals surface area contributed by atoms with E-state index in [4.69, 9.17) is 27.9 Å². The molecule has 66 valence electrons. The first-order valence-electron chi connectivity index (χ1n) is 3.75. The van der Waals surface area contributed by atoms with Gasteiger partial charge in [0.1, 0.15) is 5.75 Å². The van der Waals surface area contributed by atoms with Crippen molar-refractivity contribution < 1.29 is 4.74 Å². The average molecular weight is 205 g/mol. The van der Waals surface area contributed by atoms with Crippen LogP contribution < -0.4 is 4.74 Å². The van der Waals surface area contributed by atoms with Crippen LogP contribution in [0, 0.1) is 0 Å². The maximum Gasteiger partial charge on any atom is 0.162 e. The van der Waals surface area contributed by atoms with Crippen LogP contribution in [0.15, 0.2) is 18.2 Å². The van der Waals surface area contributed by atoms with Crippen molar-refractivity contribution in [1.29, 1.82) is 0 Å². The maximum absolute atomic E-state index is 5.91. The van der Waals surface area contributed by atoms with E-state index < -0.39 is 0 Å². The van der Waals surface area contributed by atoms with Crippen molar-refractivity contribution in [3.05, 3.63) is 28.8 Å². The van der Waals surface area contributed by atoms with Crippen molar-refractivity contribution in [3.63, 3.8) is 0 Å². The van der Waals surface area contributed by atoms with Crippen molar-refractivity contribution in [1.82, 2.24) is 0 Å². The molecule has 0 heterocycles. The van der Waals surface area contributed by atoms with Crippen molar-refractivity contribution >= 4 is 23.2 Å². The summed E-state index contributed by atoms with van der Waals surface area (Å²) in [6, 6.07) is 5.71. The quantitative estimate of drug-likeness (QED) is 0.686. The molecule has 0 fully saturated rings. The van der Waals surface area contributed by atoms with Crippen LogP contribution in [0.1, 0.15) is 12.5 Å². The molecule has 0 aromatic heterocycles. The average Bonchev–Trinajstić information content (AvgIpc) is 2.09. The Morgan fingerprint density at radius 1 is 1.42 bits per heavy atom. The highest BCUT2D eigenvalue weighted by Gasteiger charge is 1.99. The molecule has 0 unspecified atom stereocenters. The lowest BCUT2D eigenvalue weighted by Crippen LogP contribution is -1.90. The number of halogens is 2. The first-order valence-corrected chi connectivity index (χ1v) is 4.66. The minimum Gasteiger partial charge on any atom is -0.478 e. The van der Waals surface area contributed by atoms with Gasteiger partial charge in [0.2, 0.25) is 0 Å². The Hall–Kier alpha value is -0.400. The molecule has 0 aliphatic heterocycles. The van der Waals surface area contributed by atoms with Gasteiger partial charge in [0.15, 0.2) is 6.07 Å². The van der Waals surface area contributed by atoms with E-state index in [9.17, 15) is 0 Å². The number of hydrogen-bond acceptors (Lipinski definition) is 1. The van der Waals surface area contributed by atoms with Crippen LogP contribution >= 0.6 is 23.2 Å². The summed E-state index contributed by atoms with van der Waals surface area (Å²) in [5, 5.41) is 0.777. The van der Waals surface area contributed by atoms with Gasteiger partial charge < -0.3 is 4.74 Å². The Labute approximate surface area is 82.2 Å². The molecule has 0 N–H and O–H groups in total. The number of ether oxygens (including phenoxy) is 1. The SMILES string of the molecule is CCc1cc(OCCl)ccc1Cl. The summed E-state index contributed by atoms with van der Waals surface area (Å²) < 4.78 is 5.11. The molecule has 1 rings (SSSR count). The van der Waals surface area contributed by atoms with E-state index in [-0.39, 0.29) is 6.07 Å². The molecule has 0 bridgehead atoms. The van der Waals surface area contributed by atoms with E-state index in [2.05, 4.69) is 0 Å². The van der Waals surface area contributed by atoms with E-state index in [1.165, 1.54) is 0 Å². The standard InChI is InChI=1S/C9H10Cl2O/c1-2-7-5-8(12-6-10)3-4-9(7)11/h3-5H,2,6H2,1H3. The largest absolute Gasteiger partial charge is 0.478 e. The molecule has 0 saturated carbocycles. The van der Waals surface area contributed by atoms with Crippen molar-refractivity contribution in [2.75, 3.05) is 6.07 Å². The first-order chi connectivity index (χ1) is 5.77. The van der Waals surface area contributed by atoms with Gasteiger partial charge in [-0.05, 0) is 30.2 Å². The fourth-order valence-corrected chi connectivity index (χ4v) is 1.35. The van der Waals surface area contributed by atoms with Gasteiger partial charge in [-0.3, -0.25) is 0 Å². The van der Waals surface area contributed by atoms with Gasteiger partial charge in [-0.15, -0.1) is 0 Å². The zero-order valence-electron chi connectivity index (χ0n) is 6.81. The number of alkyl halides is 1. The lowest BCUT2D eigenvalue weighted by molar-refractivity contribution is 0.387. The van der Waals surface area contributed by atoms with E-state index >= 15 is 0 Å². The van der Waals surface area contributed by atoms with Gasteiger partial charge in [0, 0.05) is 5.02 Å².